The summed E-state index contributed by atoms with van der Waals surface area (Å²) in [6.45, 7) is 8.95. The lowest BCUT2D eigenvalue weighted by Gasteiger charge is -2.33. The molecule has 0 bridgehead atoms. The molecule has 0 heterocycles. The zero-order valence-corrected chi connectivity index (χ0v) is 12.5. The second kappa shape index (κ2) is 5.61. The first kappa shape index (κ1) is 13.9. The molecule has 0 unspecified atom stereocenters. The number of hydrogen-bond acceptors (Lipinski definition) is 0. The van der Waals surface area contributed by atoms with E-state index >= 15 is 0 Å². The standard InChI is InChI=1S/C19H24/c1-5-19(6-2,17-11-7-9-15(3)13-17)18-12-8-10-16(4)14-18/h7-14H,5-6H2,1-4H3. The maximum absolute atomic E-state index is 2.34. The van der Waals surface area contributed by atoms with E-state index in [1.165, 1.54) is 22.3 Å². The molecule has 2 aromatic rings. The van der Waals surface area contributed by atoms with Crippen LogP contribution in [0.5, 0.6) is 0 Å². The van der Waals surface area contributed by atoms with Gasteiger partial charge in [-0.25, -0.2) is 0 Å². The Morgan fingerprint density at radius 1 is 0.737 bits per heavy atom. The van der Waals surface area contributed by atoms with Crippen LogP contribution < -0.4 is 0 Å². The summed E-state index contributed by atoms with van der Waals surface area (Å²) in [5.74, 6) is 0. The molecular formula is C19H24. The van der Waals surface area contributed by atoms with Crippen molar-refractivity contribution in [1.29, 1.82) is 0 Å². The van der Waals surface area contributed by atoms with E-state index in [0.29, 0.717) is 0 Å². The molecule has 0 spiro atoms. The average Bonchev–Trinajstić information content (AvgIpc) is 2.41. The van der Waals surface area contributed by atoms with E-state index in [-0.39, 0.29) is 5.41 Å². The lowest BCUT2D eigenvalue weighted by atomic mass is 9.70. The van der Waals surface area contributed by atoms with E-state index in [9.17, 15) is 0 Å². The molecule has 2 aromatic carbocycles. The Labute approximate surface area is 117 Å². The highest BCUT2D eigenvalue weighted by Gasteiger charge is 2.30. The summed E-state index contributed by atoms with van der Waals surface area (Å²) < 4.78 is 0. The summed E-state index contributed by atoms with van der Waals surface area (Å²) in [6.07, 6.45) is 2.27. The summed E-state index contributed by atoms with van der Waals surface area (Å²) in [5.41, 5.74) is 5.73. The maximum atomic E-state index is 2.34. The summed E-state index contributed by atoms with van der Waals surface area (Å²) in [6, 6.07) is 18.0. The average molecular weight is 252 g/mol. The van der Waals surface area contributed by atoms with Gasteiger partial charge in [-0.2, -0.15) is 0 Å². The van der Waals surface area contributed by atoms with Crippen molar-refractivity contribution in [3.63, 3.8) is 0 Å². The van der Waals surface area contributed by atoms with E-state index in [0.717, 1.165) is 12.8 Å². The molecule has 0 N–H and O–H groups in total. The van der Waals surface area contributed by atoms with Crippen LogP contribution >= 0.6 is 0 Å². The molecule has 0 heteroatoms. The van der Waals surface area contributed by atoms with E-state index in [2.05, 4.69) is 76.2 Å². The molecule has 0 nitrogen and oxygen atoms in total. The Morgan fingerprint density at radius 2 is 1.16 bits per heavy atom. The third kappa shape index (κ3) is 2.58. The zero-order chi connectivity index (χ0) is 13.9. The smallest absolute Gasteiger partial charge is 0.0197 e. The molecule has 19 heavy (non-hydrogen) atoms. The fourth-order valence-electron chi connectivity index (χ4n) is 3.12. The van der Waals surface area contributed by atoms with Crippen LogP contribution in [-0.2, 0) is 5.41 Å². The second-order valence-electron chi connectivity index (χ2n) is 5.53. The van der Waals surface area contributed by atoms with E-state index < -0.39 is 0 Å². The quantitative estimate of drug-likeness (QED) is 0.682. The highest BCUT2D eigenvalue weighted by atomic mass is 14.3. The lowest BCUT2D eigenvalue weighted by Crippen LogP contribution is -2.26. The van der Waals surface area contributed by atoms with Crippen molar-refractivity contribution in [3.05, 3.63) is 70.8 Å². The van der Waals surface area contributed by atoms with Crippen LogP contribution in [0.1, 0.15) is 48.9 Å². The monoisotopic (exact) mass is 252 g/mol. The predicted molar refractivity (Wildman–Crippen MR) is 83.7 cm³/mol. The maximum Gasteiger partial charge on any atom is 0.0197 e. The Bertz CT molecular complexity index is 500. The van der Waals surface area contributed by atoms with Gasteiger partial charge >= 0.3 is 0 Å². The fraction of sp³-hybridized carbons (Fsp3) is 0.368. The Hall–Kier alpha value is -1.56. The van der Waals surface area contributed by atoms with Crippen LogP contribution in [0.2, 0.25) is 0 Å². The summed E-state index contributed by atoms with van der Waals surface area (Å²) in [7, 11) is 0. The third-order valence-corrected chi connectivity index (χ3v) is 4.35. The van der Waals surface area contributed by atoms with Gasteiger partial charge < -0.3 is 0 Å². The molecule has 0 atom stereocenters. The lowest BCUT2D eigenvalue weighted by molar-refractivity contribution is 0.478. The first-order valence-corrected chi connectivity index (χ1v) is 7.26. The van der Waals surface area contributed by atoms with Crippen molar-refractivity contribution < 1.29 is 0 Å². The highest BCUT2D eigenvalue weighted by Crippen LogP contribution is 2.39. The minimum Gasteiger partial charge on any atom is -0.0642 e. The van der Waals surface area contributed by atoms with Gasteiger partial charge in [-0.1, -0.05) is 73.5 Å². The van der Waals surface area contributed by atoms with Gasteiger partial charge in [0.05, 0.1) is 0 Å². The zero-order valence-electron chi connectivity index (χ0n) is 12.5. The summed E-state index contributed by atoms with van der Waals surface area (Å²) in [4.78, 5) is 0. The van der Waals surface area contributed by atoms with Crippen LogP contribution in [-0.4, -0.2) is 0 Å². The number of aryl methyl sites for hydroxylation is 2. The first-order chi connectivity index (χ1) is 9.12. The van der Waals surface area contributed by atoms with Crippen LogP contribution in [0.15, 0.2) is 48.5 Å². The molecule has 0 aromatic heterocycles. The Morgan fingerprint density at radius 3 is 1.47 bits per heavy atom. The van der Waals surface area contributed by atoms with Gasteiger partial charge in [0, 0.05) is 5.41 Å². The molecular weight excluding hydrogens is 228 g/mol. The number of benzene rings is 2. The Kier molecular flexibility index (Phi) is 4.09. The summed E-state index contributed by atoms with van der Waals surface area (Å²) >= 11 is 0. The van der Waals surface area contributed by atoms with Gasteiger partial charge in [0.1, 0.15) is 0 Å². The molecule has 0 amide bonds. The van der Waals surface area contributed by atoms with E-state index in [1.807, 2.05) is 0 Å². The van der Waals surface area contributed by atoms with Crippen LogP contribution in [0, 0.1) is 13.8 Å². The van der Waals surface area contributed by atoms with E-state index in [1.54, 1.807) is 0 Å². The van der Waals surface area contributed by atoms with Crippen LogP contribution in [0.3, 0.4) is 0 Å². The van der Waals surface area contributed by atoms with Crippen LogP contribution in [0.4, 0.5) is 0 Å². The van der Waals surface area contributed by atoms with Crippen LogP contribution in [0.25, 0.3) is 0 Å². The minimum absolute atomic E-state index is 0.151. The molecule has 0 aliphatic carbocycles. The first-order valence-electron chi connectivity index (χ1n) is 7.26. The fourth-order valence-corrected chi connectivity index (χ4v) is 3.12. The van der Waals surface area contributed by atoms with Crippen molar-refractivity contribution in [3.8, 4) is 0 Å². The van der Waals surface area contributed by atoms with Crippen molar-refractivity contribution in [2.75, 3.05) is 0 Å². The Balaban J connectivity index is 2.60. The van der Waals surface area contributed by atoms with Crippen molar-refractivity contribution in [2.45, 2.75) is 46.0 Å². The number of hydrogen-bond donors (Lipinski definition) is 0. The van der Waals surface area contributed by atoms with Crippen molar-refractivity contribution in [1.82, 2.24) is 0 Å². The molecule has 100 valence electrons. The van der Waals surface area contributed by atoms with Gasteiger partial charge in [0.2, 0.25) is 0 Å². The number of rotatable bonds is 4. The topological polar surface area (TPSA) is 0 Å². The molecule has 0 saturated heterocycles. The van der Waals surface area contributed by atoms with Gasteiger partial charge in [0.25, 0.3) is 0 Å². The molecule has 2 rings (SSSR count). The molecule has 0 radical (unpaired) electrons. The summed E-state index contributed by atoms with van der Waals surface area (Å²) in [5, 5.41) is 0. The predicted octanol–water partition coefficient (Wildman–Crippen LogP) is 5.41. The minimum atomic E-state index is 0.151. The van der Waals surface area contributed by atoms with Gasteiger partial charge in [-0.15, -0.1) is 0 Å². The highest BCUT2D eigenvalue weighted by molar-refractivity contribution is 5.41. The van der Waals surface area contributed by atoms with Gasteiger partial charge in [-0.05, 0) is 37.8 Å². The molecule has 0 fully saturated rings. The SMILES string of the molecule is CCC(CC)(c1cccc(C)c1)c1cccc(C)c1. The third-order valence-electron chi connectivity index (χ3n) is 4.35. The largest absolute Gasteiger partial charge is 0.0642 e. The second-order valence-corrected chi connectivity index (χ2v) is 5.53. The van der Waals surface area contributed by atoms with Gasteiger partial charge in [-0.3, -0.25) is 0 Å². The molecule has 0 saturated carbocycles. The van der Waals surface area contributed by atoms with Gasteiger partial charge in [0.15, 0.2) is 0 Å². The van der Waals surface area contributed by atoms with E-state index in [4.69, 9.17) is 0 Å². The molecule has 0 aliphatic rings. The van der Waals surface area contributed by atoms with Crippen molar-refractivity contribution in [2.24, 2.45) is 0 Å². The van der Waals surface area contributed by atoms with Crippen molar-refractivity contribution >= 4 is 0 Å². The molecule has 0 aliphatic heterocycles. The normalized spacial score (nSPS) is 11.6.